The number of ketones is 2. The van der Waals surface area contributed by atoms with E-state index in [0.29, 0.717) is 24.1 Å². The lowest BCUT2D eigenvalue weighted by Gasteiger charge is -2.14. The van der Waals surface area contributed by atoms with E-state index in [9.17, 15) is 29.1 Å². The van der Waals surface area contributed by atoms with Crippen LogP contribution in [0.2, 0.25) is 0 Å². The number of hydrogen-bond acceptors (Lipinski definition) is 9. The van der Waals surface area contributed by atoms with Crippen molar-refractivity contribution >= 4 is 40.6 Å². The molecule has 37 heavy (non-hydrogen) atoms. The number of nitrogens with two attached hydrogens (primary N) is 1. The topological polar surface area (TPSA) is 198 Å². The number of carbonyl (C=O) groups is 4. The largest absolute Gasteiger partial charge is 0.481 e. The third-order valence-electron chi connectivity index (χ3n) is 5.92. The Balaban J connectivity index is 1.56. The van der Waals surface area contributed by atoms with Crippen molar-refractivity contribution in [2.45, 2.75) is 52.0 Å². The highest BCUT2D eigenvalue weighted by atomic mass is 16.4. The summed E-state index contributed by atoms with van der Waals surface area (Å²) in [5.41, 5.74) is 7.18. The number of amides is 1. The average Bonchev–Trinajstić information content (AvgIpc) is 2.85. The first-order valence-electron chi connectivity index (χ1n) is 11.7. The molecule has 0 aliphatic heterocycles. The van der Waals surface area contributed by atoms with E-state index < -0.39 is 29.4 Å². The van der Waals surface area contributed by atoms with Gasteiger partial charge >= 0.3 is 5.97 Å². The van der Waals surface area contributed by atoms with Crippen LogP contribution in [0.3, 0.4) is 0 Å². The predicted molar refractivity (Wildman–Crippen MR) is 134 cm³/mol. The van der Waals surface area contributed by atoms with Crippen molar-refractivity contribution in [3.63, 3.8) is 0 Å². The first-order valence-corrected chi connectivity index (χ1v) is 11.7. The number of carbonyl (C=O) groups excluding carboxylic acids is 3. The SMILES string of the molecule is CC(=O)[C@H](C)NC(=O)CC[C@H](CC(=O)c1ccc(CCc2cnc3nc(N)[nH]c(=O)c3n2)cc1)C(=O)O. The first-order chi connectivity index (χ1) is 17.5. The molecule has 0 aliphatic rings. The molecule has 1 amide bonds. The first kappa shape index (κ1) is 27.1. The number of nitrogen functional groups attached to an aromatic ring is 1. The van der Waals surface area contributed by atoms with Crippen LogP contribution in [0.25, 0.3) is 11.2 Å². The number of H-pyrrole nitrogens is 1. The Morgan fingerprint density at radius 2 is 1.81 bits per heavy atom. The average molecular weight is 509 g/mol. The third-order valence-corrected chi connectivity index (χ3v) is 5.92. The van der Waals surface area contributed by atoms with E-state index in [1.54, 1.807) is 31.2 Å². The van der Waals surface area contributed by atoms with Gasteiger partial charge in [0.15, 0.2) is 22.7 Å². The number of benzene rings is 1. The number of aryl methyl sites for hydroxylation is 2. The van der Waals surface area contributed by atoms with Gasteiger partial charge in [0.25, 0.3) is 5.56 Å². The van der Waals surface area contributed by atoms with Crippen LogP contribution in [0.15, 0.2) is 35.3 Å². The van der Waals surface area contributed by atoms with Crippen molar-refractivity contribution in [3.05, 3.63) is 57.6 Å². The zero-order chi connectivity index (χ0) is 27.1. The fourth-order valence-corrected chi connectivity index (χ4v) is 3.60. The normalized spacial score (nSPS) is 12.6. The van der Waals surface area contributed by atoms with Crippen molar-refractivity contribution < 1.29 is 24.3 Å². The predicted octanol–water partition coefficient (Wildman–Crippen LogP) is 1.23. The summed E-state index contributed by atoms with van der Waals surface area (Å²) >= 11 is 0. The summed E-state index contributed by atoms with van der Waals surface area (Å²) < 4.78 is 0. The minimum Gasteiger partial charge on any atom is -0.481 e. The molecule has 3 rings (SSSR count). The molecule has 2 aromatic heterocycles. The van der Waals surface area contributed by atoms with Crippen molar-refractivity contribution in [1.82, 2.24) is 25.3 Å². The van der Waals surface area contributed by atoms with Crippen LogP contribution in [0, 0.1) is 5.92 Å². The van der Waals surface area contributed by atoms with E-state index in [-0.39, 0.29) is 47.9 Å². The maximum absolute atomic E-state index is 12.7. The van der Waals surface area contributed by atoms with Gasteiger partial charge in [-0.1, -0.05) is 24.3 Å². The van der Waals surface area contributed by atoms with Gasteiger partial charge in [0, 0.05) is 18.4 Å². The number of rotatable bonds is 12. The minimum atomic E-state index is -1.16. The van der Waals surface area contributed by atoms with E-state index in [1.165, 1.54) is 13.1 Å². The second-order valence-corrected chi connectivity index (χ2v) is 8.78. The number of anilines is 1. The van der Waals surface area contributed by atoms with Crippen LogP contribution in [-0.4, -0.2) is 54.5 Å². The quantitative estimate of drug-likeness (QED) is 0.258. The number of fused-ring (bicyclic) bond motifs is 1. The van der Waals surface area contributed by atoms with E-state index in [2.05, 4.69) is 25.3 Å². The van der Waals surface area contributed by atoms with E-state index >= 15 is 0 Å². The van der Waals surface area contributed by atoms with Crippen LogP contribution in [0.5, 0.6) is 0 Å². The zero-order valence-electron chi connectivity index (χ0n) is 20.5. The molecule has 0 aliphatic carbocycles. The van der Waals surface area contributed by atoms with Gasteiger partial charge in [-0.2, -0.15) is 4.98 Å². The number of aromatic nitrogens is 4. The summed E-state index contributed by atoms with van der Waals surface area (Å²) in [6.07, 6.45) is 2.22. The van der Waals surface area contributed by atoms with Crippen LogP contribution in [-0.2, 0) is 27.2 Å². The molecular weight excluding hydrogens is 480 g/mol. The summed E-state index contributed by atoms with van der Waals surface area (Å²) in [5.74, 6) is -3.20. The highest BCUT2D eigenvalue weighted by Gasteiger charge is 2.23. The molecule has 194 valence electrons. The molecule has 0 fully saturated rings. The summed E-state index contributed by atoms with van der Waals surface area (Å²) in [5, 5.41) is 12.0. The Hall–Kier alpha value is -4.48. The fraction of sp³-hybridized carbons (Fsp3) is 0.360. The van der Waals surface area contributed by atoms with E-state index in [0.717, 1.165) is 5.56 Å². The molecule has 0 spiro atoms. The maximum Gasteiger partial charge on any atom is 0.306 e. The van der Waals surface area contributed by atoms with Gasteiger partial charge in [-0.25, -0.2) is 9.97 Å². The van der Waals surface area contributed by atoms with Crippen molar-refractivity contribution in [1.29, 1.82) is 0 Å². The molecule has 12 heteroatoms. The Kier molecular flexibility index (Phi) is 8.77. The number of carboxylic acid groups (broad SMARTS) is 1. The van der Waals surface area contributed by atoms with Gasteiger partial charge in [-0.15, -0.1) is 0 Å². The lowest BCUT2D eigenvalue weighted by molar-refractivity contribution is -0.142. The standard InChI is InChI=1S/C25H28N6O6/c1-13(14(2)32)28-20(34)10-8-17(24(36)37)11-19(33)16-6-3-15(4-7-16)5-9-18-12-27-22-21(29-18)23(35)31-25(26)30-22/h3-4,6-7,12-13,17H,5,8-11H2,1-2H3,(H,28,34)(H,36,37)(H3,26,27,30,31,35)/t13-,17+/m0/s1. The lowest BCUT2D eigenvalue weighted by Crippen LogP contribution is -2.37. The zero-order valence-corrected chi connectivity index (χ0v) is 20.5. The number of Topliss-reactive ketones (excluding diaryl/α,β-unsaturated/α-hetero) is 2. The van der Waals surface area contributed by atoms with Gasteiger partial charge in [-0.3, -0.25) is 29.0 Å². The number of aliphatic carboxylic acids is 1. The monoisotopic (exact) mass is 508 g/mol. The van der Waals surface area contributed by atoms with Gasteiger partial charge in [0.2, 0.25) is 11.9 Å². The summed E-state index contributed by atoms with van der Waals surface area (Å²) in [4.78, 5) is 74.3. The molecule has 0 bridgehead atoms. The number of carboxylic acids is 1. The highest BCUT2D eigenvalue weighted by Crippen LogP contribution is 2.17. The van der Waals surface area contributed by atoms with Crippen molar-refractivity contribution in [3.8, 4) is 0 Å². The number of aromatic amines is 1. The second-order valence-electron chi connectivity index (χ2n) is 8.78. The van der Waals surface area contributed by atoms with Crippen LogP contribution in [0.1, 0.15) is 54.7 Å². The highest BCUT2D eigenvalue weighted by molar-refractivity contribution is 5.98. The van der Waals surface area contributed by atoms with Gasteiger partial charge in [0.05, 0.1) is 23.9 Å². The number of nitrogens with zero attached hydrogens (tertiary/aromatic N) is 3. The van der Waals surface area contributed by atoms with Crippen molar-refractivity contribution in [2.24, 2.45) is 5.92 Å². The molecule has 0 saturated heterocycles. The second kappa shape index (κ2) is 12.0. The van der Waals surface area contributed by atoms with E-state index in [4.69, 9.17) is 5.73 Å². The van der Waals surface area contributed by atoms with E-state index in [1.807, 2.05) is 0 Å². The van der Waals surface area contributed by atoms with Crippen LogP contribution >= 0.6 is 0 Å². The smallest absolute Gasteiger partial charge is 0.306 e. The number of nitrogens with one attached hydrogen (secondary N) is 2. The summed E-state index contributed by atoms with van der Waals surface area (Å²) in [6.45, 7) is 2.90. The minimum absolute atomic E-state index is 0.0205. The summed E-state index contributed by atoms with van der Waals surface area (Å²) in [7, 11) is 0. The Labute approximate surface area is 211 Å². The van der Waals surface area contributed by atoms with Crippen LogP contribution in [0.4, 0.5) is 5.95 Å². The van der Waals surface area contributed by atoms with Crippen LogP contribution < -0.4 is 16.6 Å². The Morgan fingerprint density at radius 3 is 2.46 bits per heavy atom. The molecular formula is C25H28N6O6. The van der Waals surface area contributed by atoms with Gasteiger partial charge < -0.3 is 16.2 Å². The molecule has 5 N–H and O–H groups in total. The molecule has 12 nitrogen and oxygen atoms in total. The maximum atomic E-state index is 12.7. The molecule has 0 saturated carbocycles. The summed E-state index contributed by atoms with van der Waals surface area (Å²) in [6, 6.07) is 6.14. The third kappa shape index (κ3) is 7.50. The molecule has 2 atom stereocenters. The molecule has 1 aromatic carbocycles. The van der Waals surface area contributed by atoms with Crippen molar-refractivity contribution in [2.75, 3.05) is 5.73 Å². The molecule has 0 unspecified atom stereocenters. The lowest BCUT2D eigenvalue weighted by atomic mass is 9.93. The Morgan fingerprint density at radius 1 is 1.11 bits per heavy atom. The molecule has 3 aromatic rings. The fourth-order valence-electron chi connectivity index (χ4n) is 3.60. The van der Waals surface area contributed by atoms with Gasteiger partial charge in [-0.05, 0) is 38.7 Å². The number of hydrogen-bond donors (Lipinski definition) is 4. The molecule has 0 radical (unpaired) electrons. The Bertz CT molecular complexity index is 1380. The van der Waals surface area contributed by atoms with Gasteiger partial charge in [0.1, 0.15) is 0 Å². The molecule has 2 heterocycles.